The van der Waals surface area contributed by atoms with Crippen LogP contribution in [-0.2, 0) is 11.2 Å². The number of carbonyl (C=O) groups is 2. The predicted molar refractivity (Wildman–Crippen MR) is 102 cm³/mol. The standard InChI is InChI=1S/C20H31N3O3/c1-15-6-5-7-16(14-15)8-11-21-18(24)22-17-9-12-23(13-10-17)19(25)26-20(2,3)4/h5-7,14,17H,8-13H2,1-4H3,(H2,21,22,24). The fourth-order valence-electron chi connectivity index (χ4n) is 2.96. The Balaban J connectivity index is 1.65. The molecule has 1 aliphatic heterocycles. The molecule has 0 saturated carbocycles. The molecule has 0 spiro atoms. The molecule has 3 amide bonds. The molecule has 2 rings (SSSR count). The zero-order chi connectivity index (χ0) is 19.2. The van der Waals surface area contributed by atoms with Gasteiger partial charge in [0.2, 0.25) is 0 Å². The summed E-state index contributed by atoms with van der Waals surface area (Å²) in [6.07, 6.45) is 2.01. The molecule has 0 bridgehead atoms. The van der Waals surface area contributed by atoms with E-state index in [4.69, 9.17) is 4.74 Å². The Labute approximate surface area is 156 Å². The second kappa shape index (κ2) is 8.92. The zero-order valence-electron chi connectivity index (χ0n) is 16.3. The molecule has 1 saturated heterocycles. The number of piperidine rings is 1. The van der Waals surface area contributed by atoms with Crippen LogP contribution in [0.1, 0.15) is 44.7 Å². The Morgan fingerprint density at radius 2 is 1.92 bits per heavy atom. The van der Waals surface area contributed by atoms with Crippen LogP contribution in [0.15, 0.2) is 24.3 Å². The third-order valence-electron chi connectivity index (χ3n) is 4.26. The van der Waals surface area contributed by atoms with Gasteiger partial charge in [0, 0.05) is 25.7 Å². The van der Waals surface area contributed by atoms with E-state index in [0.717, 1.165) is 19.3 Å². The van der Waals surface area contributed by atoms with E-state index >= 15 is 0 Å². The number of rotatable bonds is 4. The molecule has 1 fully saturated rings. The lowest BCUT2D eigenvalue weighted by Crippen LogP contribution is -2.50. The highest BCUT2D eigenvalue weighted by Gasteiger charge is 2.27. The van der Waals surface area contributed by atoms with Gasteiger partial charge in [-0.05, 0) is 52.5 Å². The number of hydrogen-bond acceptors (Lipinski definition) is 3. The maximum absolute atomic E-state index is 12.0. The molecule has 1 aromatic carbocycles. The highest BCUT2D eigenvalue weighted by molar-refractivity contribution is 5.74. The lowest BCUT2D eigenvalue weighted by molar-refractivity contribution is 0.0201. The lowest BCUT2D eigenvalue weighted by atomic mass is 10.1. The van der Waals surface area contributed by atoms with Crippen LogP contribution < -0.4 is 10.6 Å². The summed E-state index contributed by atoms with van der Waals surface area (Å²) < 4.78 is 5.38. The number of benzene rings is 1. The summed E-state index contributed by atoms with van der Waals surface area (Å²) in [7, 11) is 0. The molecule has 1 heterocycles. The summed E-state index contributed by atoms with van der Waals surface area (Å²) in [6, 6.07) is 8.24. The fraction of sp³-hybridized carbons (Fsp3) is 0.600. The van der Waals surface area contributed by atoms with Crippen LogP contribution in [0, 0.1) is 6.92 Å². The number of amides is 3. The maximum atomic E-state index is 12.0. The molecule has 6 nitrogen and oxygen atoms in total. The van der Waals surface area contributed by atoms with E-state index in [1.807, 2.05) is 26.8 Å². The first-order valence-electron chi connectivity index (χ1n) is 9.31. The summed E-state index contributed by atoms with van der Waals surface area (Å²) in [6.45, 7) is 9.45. The molecule has 1 aromatic rings. The number of urea groups is 1. The van der Waals surface area contributed by atoms with Crippen molar-refractivity contribution in [3.8, 4) is 0 Å². The van der Waals surface area contributed by atoms with E-state index in [1.54, 1.807) is 4.90 Å². The lowest BCUT2D eigenvalue weighted by Gasteiger charge is -2.33. The van der Waals surface area contributed by atoms with E-state index in [0.29, 0.717) is 19.6 Å². The van der Waals surface area contributed by atoms with Gasteiger partial charge < -0.3 is 20.3 Å². The minimum Gasteiger partial charge on any atom is -0.444 e. The van der Waals surface area contributed by atoms with Crippen molar-refractivity contribution in [1.82, 2.24) is 15.5 Å². The van der Waals surface area contributed by atoms with Crippen LogP contribution in [0.3, 0.4) is 0 Å². The van der Waals surface area contributed by atoms with Crippen molar-refractivity contribution >= 4 is 12.1 Å². The highest BCUT2D eigenvalue weighted by atomic mass is 16.6. The normalized spacial score (nSPS) is 15.5. The molecule has 0 atom stereocenters. The minimum absolute atomic E-state index is 0.0904. The van der Waals surface area contributed by atoms with Crippen molar-refractivity contribution in [2.45, 2.75) is 58.6 Å². The van der Waals surface area contributed by atoms with E-state index in [-0.39, 0.29) is 18.2 Å². The summed E-state index contributed by atoms with van der Waals surface area (Å²) in [4.78, 5) is 25.8. The van der Waals surface area contributed by atoms with Gasteiger partial charge in [0.1, 0.15) is 5.60 Å². The topological polar surface area (TPSA) is 70.7 Å². The van der Waals surface area contributed by atoms with E-state index in [2.05, 4.69) is 35.8 Å². The van der Waals surface area contributed by atoms with Gasteiger partial charge in [0.15, 0.2) is 0 Å². The number of nitrogens with one attached hydrogen (secondary N) is 2. The van der Waals surface area contributed by atoms with Crippen LogP contribution in [0.2, 0.25) is 0 Å². The van der Waals surface area contributed by atoms with Gasteiger partial charge in [-0.25, -0.2) is 9.59 Å². The second-order valence-electron chi connectivity index (χ2n) is 7.88. The molecule has 144 valence electrons. The Morgan fingerprint density at radius 1 is 1.23 bits per heavy atom. The molecule has 0 unspecified atom stereocenters. The first kappa shape index (κ1) is 20.1. The third-order valence-corrected chi connectivity index (χ3v) is 4.26. The number of nitrogens with zero attached hydrogens (tertiary/aromatic N) is 1. The Hall–Kier alpha value is -2.24. The van der Waals surface area contributed by atoms with Crippen molar-refractivity contribution in [2.24, 2.45) is 0 Å². The summed E-state index contributed by atoms with van der Waals surface area (Å²) in [5.41, 5.74) is 1.96. The third kappa shape index (κ3) is 6.94. The SMILES string of the molecule is Cc1cccc(CCNC(=O)NC2CCN(C(=O)OC(C)(C)C)CC2)c1. The smallest absolute Gasteiger partial charge is 0.410 e. The number of aryl methyl sites for hydroxylation is 1. The molecule has 0 aromatic heterocycles. The number of ether oxygens (including phenoxy) is 1. The maximum Gasteiger partial charge on any atom is 0.410 e. The van der Waals surface area contributed by atoms with Gasteiger partial charge in [-0.15, -0.1) is 0 Å². The summed E-state index contributed by atoms with van der Waals surface area (Å²) >= 11 is 0. The monoisotopic (exact) mass is 361 g/mol. The second-order valence-corrected chi connectivity index (χ2v) is 7.88. The fourth-order valence-corrected chi connectivity index (χ4v) is 2.96. The van der Waals surface area contributed by atoms with Crippen molar-refractivity contribution in [2.75, 3.05) is 19.6 Å². The highest BCUT2D eigenvalue weighted by Crippen LogP contribution is 2.15. The molecular weight excluding hydrogens is 330 g/mol. The molecule has 0 aliphatic carbocycles. The number of hydrogen-bond donors (Lipinski definition) is 2. The van der Waals surface area contributed by atoms with Crippen LogP contribution in [-0.4, -0.2) is 48.3 Å². The quantitative estimate of drug-likeness (QED) is 0.865. The van der Waals surface area contributed by atoms with Gasteiger partial charge in [0.25, 0.3) is 0 Å². The van der Waals surface area contributed by atoms with Gasteiger partial charge in [-0.1, -0.05) is 29.8 Å². The van der Waals surface area contributed by atoms with Gasteiger partial charge in [-0.2, -0.15) is 0 Å². The van der Waals surface area contributed by atoms with Gasteiger partial charge >= 0.3 is 12.1 Å². The number of carbonyl (C=O) groups excluding carboxylic acids is 2. The van der Waals surface area contributed by atoms with E-state index in [9.17, 15) is 9.59 Å². The van der Waals surface area contributed by atoms with Crippen molar-refractivity contribution < 1.29 is 14.3 Å². The van der Waals surface area contributed by atoms with Crippen LogP contribution in [0.5, 0.6) is 0 Å². The zero-order valence-corrected chi connectivity index (χ0v) is 16.3. The molecular formula is C20H31N3O3. The van der Waals surface area contributed by atoms with Crippen LogP contribution in [0.25, 0.3) is 0 Å². The molecule has 1 aliphatic rings. The van der Waals surface area contributed by atoms with Crippen molar-refractivity contribution in [3.05, 3.63) is 35.4 Å². The van der Waals surface area contributed by atoms with Gasteiger partial charge in [-0.3, -0.25) is 0 Å². The Morgan fingerprint density at radius 3 is 2.54 bits per heavy atom. The van der Waals surface area contributed by atoms with Crippen LogP contribution in [0.4, 0.5) is 9.59 Å². The summed E-state index contributed by atoms with van der Waals surface area (Å²) in [5, 5.41) is 5.90. The van der Waals surface area contributed by atoms with Gasteiger partial charge in [0.05, 0.1) is 0 Å². The molecule has 0 radical (unpaired) electrons. The Bertz CT molecular complexity index is 617. The molecule has 2 N–H and O–H groups in total. The number of likely N-dealkylation sites (tertiary alicyclic amines) is 1. The average Bonchev–Trinajstić information content (AvgIpc) is 2.54. The summed E-state index contributed by atoms with van der Waals surface area (Å²) in [5.74, 6) is 0. The van der Waals surface area contributed by atoms with Crippen molar-refractivity contribution in [3.63, 3.8) is 0 Å². The Kier molecular flexibility index (Phi) is 6.89. The van der Waals surface area contributed by atoms with E-state index < -0.39 is 5.60 Å². The molecule has 6 heteroatoms. The minimum atomic E-state index is -0.483. The molecule has 26 heavy (non-hydrogen) atoms. The first-order chi connectivity index (χ1) is 12.2. The average molecular weight is 361 g/mol. The van der Waals surface area contributed by atoms with Crippen LogP contribution >= 0.6 is 0 Å². The van der Waals surface area contributed by atoms with E-state index in [1.165, 1.54) is 11.1 Å². The largest absolute Gasteiger partial charge is 0.444 e. The van der Waals surface area contributed by atoms with Crippen molar-refractivity contribution in [1.29, 1.82) is 0 Å². The first-order valence-corrected chi connectivity index (χ1v) is 9.31. The predicted octanol–water partition coefficient (Wildman–Crippen LogP) is 3.24.